The summed E-state index contributed by atoms with van der Waals surface area (Å²) >= 11 is 0. The highest BCUT2D eigenvalue weighted by Gasteiger charge is 2.46. The third kappa shape index (κ3) is 6.32. The minimum absolute atomic E-state index is 0.769. The molecule has 0 radical (unpaired) electrons. The van der Waals surface area contributed by atoms with Crippen LogP contribution in [0.25, 0.3) is 0 Å². The van der Waals surface area contributed by atoms with Gasteiger partial charge in [-0.15, -0.1) is 0 Å². The van der Waals surface area contributed by atoms with Crippen molar-refractivity contribution in [3.63, 3.8) is 0 Å². The van der Waals surface area contributed by atoms with E-state index in [1.54, 1.807) is 10.4 Å². The normalized spacial score (nSPS) is 13.9. The number of unbranched alkanes of at least 4 members (excludes halogenated alkanes) is 6. The van der Waals surface area contributed by atoms with Crippen LogP contribution >= 0.6 is 0 Å². The molecule has 0 saturated carbocycles. The van der Waals surface area contributed by atoms with Crippen LogP contribution in [-0.2, 0) is 0 Å². The first-order valence-corrected chi connectivity index (χ1v) is 14.4. The second kappa shape index (κ2) is 13.1. The van der Waals surface area contributed by atoms with E-state index in [1.165, 1.54) is 64.2 Å². The molecule has 0 N–H and O–H groups in total. The van der Waals surface area contributed by atoms with Gasteiger partial charge in [0.15, 0.2) is 0 Å². The molecule has 0 aliphatic rings. The predicted octanol–water partition coefficient (Wildman–Crippen LogP) is 7.97. The van der Waals surface area contributed by atoms with E-state index in [2.05, 4.69) is 88.4 Å². The van der Waals surface area contributed by atoms with Crippen LogP contribution in [0.5, 0.6) is 0 Å². The smallest absolute Gasteiger partial charge is 0.0654 e. The maximum absolute atomic E-state index is 2.58. The van der Waals surface area contributed by atoms with Gasteiger partial charge in [0.05, 0.1) is 0 Å². The largest absolute Gasteiger partial charge is 0.123 e. The van der Waals surface area contributed by atoms with Gasteiger partial charge >= 0.3 is 0 Å². The first-order chi connectivity index (χ1) is 14.2. The van der Waals surface area contributed by atoms with Crippen molar-refractivity contribution in [2.75, 3.05) is 0 Å². The summed E-state index contributed by atoms with van der Waals surface area (Å²) in [7, 11) is -1.87. The lowest BCUT2D eigenvalue weighted by atomic mass is 10.1. The number of rotatable bonds is 14. The summed E-state index contributed by atoms with van der Waals surface area (Å²) in [6.07, 6.45) is 13.7. The van der Waals surface area contributed by atoms with Gasteiger partial charge in [0.25, 0.3) is 0 Å². The number of hydrogen-bond acceptors (Lipinski definition) is 0. The molecule has 0 fully saturated rings. The standard InChI is InChI=1S/C28H44Si/c1-5-7-9-13-19-25(3)29(27-21-15-11-16-22-27,28-23-17-12-18-24-28)26(4)20-14-10-8-6-2/h11-12,15-18,21-26H,5-10,13-14,19-20H2,1-4H3/t25-,26-/m0/s1. The van der Waals surface area contributed by atoms with E-state index < -0.39 is 8.07 Å². The highest BCUT2D eigenvalue weighted by molar-refractivity contribution is 7.04. The lowest BCUT2D eigenvalue weighted by molar-refractivity contribution is 0.594. The summed E-state index contributed by atoms with van der Waals surface area (Å²) in [5, 5.41) is 3.30. The lowest BCUT2D eigenvalue weighted by Crippen LogP contribution is -2.63. The number of hydrogen-bond donors (Lipinski definition) is 0. The maximum atomic E-state index is 2.58. The van der Waals surface area contributed by atoms with E-state index in [9.17, 15) is 0 Å². The van der Waals surface area contributed by atoms with Crippen molar-refractivity contribution in [2.24, 2.45) is 0 Å². The second-order valence-corrected chi connectivity index (χ2v) is 14.0. The van der Waals surface area contributed by atoms with Crippen LogP contribution in [0.2, 0.25) is 11.1 Å². The predicted molar refractivity (Wildman–Crippen MR) is 134 cm³/mol. The Hall–Kier alpha value is -1.34. The Morgan fingerprint density at radius 2 is 0.931 bits per heavy atom. The zero-order chi connectivity index (χ0) is 21.0. The maximum Gasteiger partial charge on any atom is 0.123 e. The Morgan fingerprint density at radius 1 is 0.552 bits per heavy atom. The molecule has 0 aromatic heterocycles. The summed E-state index contributed by atoms with van der Waals surface area (Å²) in [6.45, 7) is 9.80. The van der Waals surface area contributed by atoms with Crippen molar-refractivity contribution in [1.29, 1.82) is 0 Å². The van der Waals surface area contributed by atoms with Crippen molar-refractivity contribution in [1.82, 2.24) is 0 Å². The molecular weight excluding hydrogens is 364 g/mol. The molecule has 2 rings (SSSR count). The van der Waals surface area contributed by atoms with Crippen LogP contribution in [0, 0.1) is 0 Å². The number of benzene rings is 2. The third-order valence-electron chi connectivity index (χ3n) is 7.04. The summed E-state index contributed by atoms with van der Waals surface area (Å²) in [5.41, 5.74) is 1.54. The quantitative estimate of drug-likeness (QED) is 0.219. The molecule has 0 unspecified atom stereocenters. The van der Waals surface area contributed by atoms with Gasteiger partial charge in [-0.25, -0.2) is 0 Å². The zero-order valence-corrected chi connectivity index (χ0v) is 20.5. The molecule has 0 saturated heterocycles. The van der Waals surface area contributed by atoms with E-state index in [-0.39, 0.29) is 0 Å². The Balaban J connectivity index is 2.41. The molecule has 0 nitrogen and oxygen atoms in total. The van der Waals surface area contributed by atoms with Gasteiger partial charge in [0.1, 0.15) is 8.07 Å². The molecule has 0 spiro atoms. The van der Waals surface area contributed by atoms with Crippen LogP contribution in [0.15, 0.2) is 60.7 Å². The first kappa shape index (κ1) is 23.9. The van der Waals surface area contributed by atoms with E-state index >= 15 is 0 Å². The fourth-order valence-corrected chi connectivity index (χ4v) is 11.8. The average Bonchev–Trinajstić information content (AvgIpc) is 2.76. The summed E-state index contributed by atoms with van der Waals surface area (Å²) in [4.78, 5) is 0. The second-order valence-electron chi connectivity index (χ2n) is 9.10. The van der Waals surface area contributed by atoms with Crippen molar-refractivity contribution >= 4 is 18.4 Å². The summed E-state index contributed by atoms with van der Waals surface area (Å²) in [5.74, 6) is 0. The minimum atomic E-state index is -1.87. The van der Waals surface area contributed by atoms with E-state index in [0.29, 0.717) is 0 Å². The van der Waals surface area contributed by atoms with Crippen LogP contribution in [0.1, 0.15) is 91.9 Å². The van der Waals surface area contributed by atoms with Crippen LogP contribution in [-0.4, -0.2) is 8.07 Å². The Labute approximate surface area is 182 Å². The van der Waals surface area contributed by atoms with Gasteiger partial charge in [-0.3, -0.25) is 0 Å². The molecule has 0 bridgehead atoms. The molecule has 2 aromatic carbocycles. The molecular formula is C28H44Si. The SMILES string of the molecule is CCCCCC[C@H](C)[Si](c1ccccc1)(c1ccccc1)[C@@H](C)CCCCCC. The molecule has 2 aromatic rings. The zero-order valence-electron chi connectivity index (χ0n) is 19.5. The third-order valence-corrected chi connectivity index (χ3v) is 13.3. The molecule has 29 heavy (non-hydrogen) atoms. The van der Waals surface area contributed by atoms with E-state index in [1.807, 2.05) is 0 Å². The van der Waals surface area contributed by atoms with Crippen LogP contribution < -0.4 is 10.4 Å². The van der Waals surface area contributed by atoms with Gasteiger partial charge in [-0.2, -0.15) is 0 Å². The van der Waals surface area contributed by atoms with Crippen molar-refractivity contribution in [2.45, 2.75) is 103 Å². The highest BCUT2D eigenvalue weighted by Crippen LogP contribution is 2.39. The first-order valence-electron chi connectivity index (χ1n) is 12.3. The van der Waals surface area contributed by atoms with Crippen LogP contribution in [0.4, 0.5) is 0 Å². The van der Waals surface area contributed by atoms with Gasteiger partial charge in [0, 0.05) is 0 Å². The van der Waals surface area contributed by atoms with Gasteiger partial charge in [0.2, 0.25) is 0 Å². The molecule has 1 heteroatoms. The van der Waals surface area contributed by atoms with Crippen molar-refractivity contribution < 1.29 is 0 Å². The molecule has 2 atom stereocenters. The van der Waals surface area contributed by atoms with E-state index in [4.69, 9.17) is 0 Å². The molecule has 160 valence electrons. The summed E-state index contributed by atoms with van der Waals surface area (Å²) in [6, 6.07) is 23.3. The Morgan fingerprint density at radius 3 is 1.28 bits per heavy atom. The van der Waals surface area contributed by atoms with Gasteiger partial charge in [-0.1, -0.05) is 163 Å². The molecule has 0 aliphatic heterocycles. The van der Waals surface area contributed by atoms with Gasteiger partial charge < -0.3 is 0 Å². The molecule has 0 heterocycles. The van der Waals surface area contributed by atoms with E-state index in [0.717, 1.165) is 11.1 Å². The highest BCUT2D eigenvalue weighted by atomic mass is 28.3. The topological polar surface area (TPSA) is 0 Å². The molecule has 0 aliphatic carbocycles. The molecule has 0 amide bonds. The average molecular weight is 409 g/mol. The van der Waals surface area contributed by atoms with Crippen molar-refractivity contribution in [3.8, 4) is 0 Å². The van der Waals surface area contributed by atoms with Gasteiger partial charge in [-0.05, 0) is 11.1 Å². The Kier molecular flexibility index (Phi) is 10.8. The minimum Gasteiger partial charge on any atom is -0.0654 e. The lowest BCUT2D eigenvalue weighted by Gasteiger charge is -2.44. The fraction of sp³-hybridized carbons (Fsp3) is 0.571. The van der Waals surface area contributed by atoms with Crippen molar-refractivity contribution in [3.05, 3.63) is 60.7 Å². The Bertz CT molecular complexity index is 589. The fourth-order valence-electron chi connectivity index (χ4n) is 5.43. The van der Waals surface area contributed by atoms with Crippen LogP contribution in [0.3, 0.4) is 0 Å². The summed E-state index contributed by atoms with van der Waals surface area (Å²) < 4.78 is 0. The monoisotopic (exact) mass is 408 g/mol.